The molecule has 0 radical (unpaired) electrons. The summed E-state index contributed by atoms with van der Waals surface area (Å²) in [5, 5.41) is 8.51. The van der Waals surface area contributed by atoms with Crippen LogP contribution in [0.15, 0.2) is 34.2 Å². The molecule has 0 fully saturated rings. The number of aryl methyl sites for hydroxylation is 1. The fourth-order valence-electron chi connectivity index (χ4n) is 3.31. The van der Waals surface area contributed by atoms with E-state index in [4.69, 9.17) is 4.74 Å². The van der Waals surface area contributed by atoms with Gasteiger partial charge in [-0.3, -0.25) is 13.8 Å². The maximum absolute atomic E-state index is 14.1. The standard InChI is InChI=1S/C20H15F5N4O2S/c1-31-8-4-7-28-18(30)10-5-2-3-6-12(10)29-19(28)26-27-20(29)32-9-11-13(21)15(23)17(25)16(24)14(11)22/h2-3,5-6H,4,7-9H2,1H3. The van der Waals surface area contributed by atoms with Gasteiger partial charge < -0.3 is 4.74 Å². The third kappa shape index (κ3) is 3.62. The second kappa shape index (κ2) is 8.87. The Labute approximate surface area is 181 Å². The van der Waals surface area contributed by atoms with Crippen LogP contribution in [0.1, 0.15) is 12.0 Å². The number of halogens is 5. The van der Waals surface area contributed by atoms with E-state index in [1.54, 1.807) is 24.3 Å². The van der Waals surface area contributed by atoms with Crippen molar-refractivity contribution in [1.29, 1.82) is 0 Å². The molecular weight excluding hydrogens is 455 g/mol. The summed E-state index contributed by atoms with van der Waals surface area (Å²) in [5.74, 6) is -10.4. The lowest BCUT2D eigenvalue weighted by Crippen LogP contribution is -2.24. The monoisotopic (exact) mass is 470 g/mol. The highest BCUT2D eigenvalue weighted by atomic mass is 32.2. The minimum absolute atomic E-state index is 0.126. The largest absolute Gasteiger partial charge is 0.385 e. The Balaban J connectivity index is 1.81. The summed E-state index contributed by atoms with van der Waals surface area (Å²) < 4.78 is 76.4. The SMILES string of the molecule is COCCCn1c(=O)c2ccccc2n2c(SCc3c(F)c(F)c(F)c(F)c3F)nnc12. The topological polar surface area (TPSA) is 61.4 Å². The van der Waals surface area contributed by atoms with Crippen LogP contribution in [0.2, 0.25) is 0 Å². The van der Waals surface area contributed by atoms with Crippen LogP contribution in [0.5, 0.6) is 0 Å². The molecule has 0 atom stereocenters. The Morgan fingerprint density at radius 1 is 0.969 bits per heavy atom. The van der Waals surface area contributed by atoms with Crippen LogP contribution in [0, 0.1) is 29.1 Å². The lowest BCUT2D eigenvalue weighted by molar-refractivity contribution is 0.190. The number of fused-ring (bicyclic) bond motifs is 3. The van der Waals surface area contributed by atoms with E-state index in [2.05, 4.69) is 10.2 Å². The molecule has 168 valence electrons. The smallest absolute Gasteiger partial charge is 0.262 e. The lowest BCUT2D eigenvalue weighted by Gasteiger charge is -2.11. The number of thioether (sulfide) groups is 1. The fourth-order valence-corrected chi connectivity index (χ4v) is 4.24. The highest BCUT2D eigenvalue weighted by Gasteiger charge is 2.26. The first-order valence-electron chi connectivity index (χ1n) is 9.35. The zero-order valence-corrected chi connectivity index (χ0v) is 17.4. The number of hydrogen-bond acceptors (Lipinski definition) is 5. The summed E-state index contributed by atoms with van der Waals surface area (Å²) in [6, 6.07) is 6.63. The van der Waals surface area contributed by atoms with Crippen LogP contribution in [0.3, 0.4) is 0 Å². The van der Waals surface area contributed by atoms with Crippen LogP contribution >= 0.6 is 11.8 Å². The van der Waals surface area contributed by atoms with Gasteiger partial charge in [-0.2, -0.15) is 0 Å². The predicted molar refractivity (Wildman–Crippen MR) is 107 cm³/mol. The van der Waals surface area contributed by atoms with Crippen LogP contribution in [0.4, 0.5) is 22.0 Å². The third-order valence-electron chi connectivity index (χ3n) is 4.85. The Morgan fingerprint density at radius 3 is 2.31 bits per heavy atom. The highest BCUT2D eigenvalue weighted by molar-refractivity contribution is 7.98. The van der Waals surface area contributed by atoms with Crippen LogP contribution < -0.4 is 5.56 Å². The van der Waals surface area contributed by atoms with Crippen molar-refractivity contribution in [3.8, 4) is 0 Å². The number of aromatic nitrogens is 4. The number of benzene rings is 2. The second-order valence-corrected chi connectivity index (χ2v) is 7.72. The maximum atomic E-state index is 14.1. The molecule has 2 aromatic carbocycles. The molecule has 0 spiro atoms. The van der Waals surface area contributed by atoms with Gasteiger partial charge in [0, 0.05) is 31.6 Å². The molecule has 4 rings (SSSR count). The van der Waals surface area contributed by atoms with Crippen molar-refractivity contribution in [2.75, 3.05) is 13.7 Å². The molecule has 0 bridgehead atoms. The molecular formula is C20H15F5N4O2S. The zero-order valence-electron chi connectivity index (χ0n) is 16.5. The summed E-state index contributed by atoms with van der Waals surface area (Å²) in [6.45, 7) is 0.683. The summed E-state index contributed by atoms with van der Waals surface area (Å²) in [6.07, 6.45) is 0.518. The zero-order chi connectivity index (χ0) is 23.0. The van der Waals surface area contributed by atoms with Crippen molar-refractivity contribution in [3.63, 3.8) is 0 Å². The van der Waals surface area contributed by atoms with Crippen molar-refractivity contribution in [2.24, 2.45) is 0 Å². The Morgan fingerprint density at radius 2 is 1.62 bits per heavy atom. The summed E-state index contributed by atoms with van der Waals surface area (Å²) in [4.78, 5) is 12.9. The van der Waals surface area contributed by atoms with Crippen molar-refractivity contribution in [3.05, 3.63) is 69.3 Å². The normalized spacial score (nSPS) is 11.7. The molecule has 0 saturated heterocycles. The molecule has 0 unspecified atom stereocenters. The number of rotatable bonds is 7. The average molecular weight is 470 g/mol. The molecule has 2 heterocycles. The summed E-state index contributed by atoms with van der Waals surface area (Å²) >= 11 is 0.733. The van der Waals surface area contributed by atoms with Crippen LogP contribution in [-0.2, 0) is 17.0 Å². The van der Waals surface area contributed by atoms with Crippen LogP contribution in [0.25, 0.3) is 16.7 Å². The van der Waals surface area contributed by atoms with E-state index in [0.29, 0.717) is 23.9 Å². The highest BCUT2D eigenvalue weighted by Crippen LogP contribution is 2.30. The maximum Gasteiger partial charge on any atom is 0.262 e. The number of nitrogens with zero attached hydrogens (tertiary/aromatic N) is 4. The minimum atomic E-state index is -2.22. The van der Waals surface area contributed by atoms with Gasteiger partial charge in [-0.05, 0) is 18.6 Å². The molecule has 4 aromatic rings. The molecule has 0 aliphatic carbocycles. The van der Waals surface area contributed by atoms with Gasteiger partial charge in [-0.15, -0.1) is 10.2 Å². The van der Waals surface area contributed by atoms with Gasteiger partial charge in [0.05, 0.1) is 10.9 Å². The van der Waals surface area contributed by atoms with E-state index in [9.17, 15) is 26.7 Å². The molecule has 0 N–H and O–H groups in total. The van der Waals surface area contributed by atoms with E-state index in [0.717, 1.165) is 11.8 Å². The molecule has 6 nitrogen and oxygen atoms in total. The van der Waals surface area contributed by atoms with Crippen LogP contribution in [-0.4, -0.2) is 32.9 Å². The quantitative estimate of drug-likeness (QED) is 0.134. The van der Waals surface area contributed by atoms with Gasteiger partial charge in [-0.25, -0.2) is 22.0 Å². The fraction of sp³-hybridized carbons (Fsp3) is 0.250. The van der Waals surface area contributed by atoms with Gasteiger partial charge in [0.15, 0.2) is 28.4 Å². The van der Waals surface area contributed by atoms with E-state index < -0.39 is 40.4 Å². The first kappa shape index (κ1) is 22.2. The van der Waals surface area contributed by atoms with Crippen molar-refractivity contribution in [2.45, 2.75) is 23.9 Å². The van der Waals surface area contributed by atoms with E-state index in [1.807, 2.05) is 0 Å². The van der Waals surface area contributed by atoms with Gasteiger partial charge in [0.25, 0.3) is 5.56 Å². The molecule has 0 saturated carbocycles. The Kier molecular flexibility index (Phi) is 6.15. The van der Waals surface area contributed by atoms with E-state index in [1.165, 1.54) is 16.1 Å². The molecule has 0 amide bonds. The summed E-state index contributed by atoms with van der Waals surface area (Å²) in [5.41, 5.74) is -0.825. The average Bonchev–Trinajstić information content (AvgIpc) is 3.22. The van der Waals surface area contributed by atoms with Crippen molar-refractivity contribution < 1.29 is 26.7 Å². The molecule has 0 aliphatic heterocycles. The van der Waals surface area contributed by atoms with E-state index >= 15 is 0 Å². The molecule has 2 aromatic heterocycles. The number of para-hydroxylation sites is 1. The molecule has 0 aliphatic rings. The molecule has 12 heteroatoms. The minimum Gasteiger partial charge on any atom is -0.385 e. The Hall–Kier alpha value is -2.99. The van der Waals surface area contributed by atoms with Crippen molar-refractivity contribution in [1.82, 2.24) is 19.2 Å². The number of ether oxygens (including phenoxy) is 1. The molecule has 32 heavy (non-hydrogen) atoms. The van der Waals surface area contributed by atoms with Crippen molar-refractivity contribution >= 4 is 28.4 Å². The predicted octanol–water partition coefficient (Wildman–Crippen LogP) is 4.07. The first-order chi connectivity index (χ1) is 15.4. The van der Waals surface area contributed by atoms with E-state index in [-0.39, 0.29) is 23.0 Å². The first-order valence-corrected chi connectivity index (χ1v) is 10.3. The third-order valence-corrected chi connectivity index (χ3v) is 5.81. The van der Waals surface area contributed by atoms with Gasteiger partial charge in [-0.1, -0.05) is 23.9 Å². The summed E-state index contributed by atoms with van der Waals surface area (Å²) in [7, 11) is 1.53. The Bertz CT molecular complexity index is 1360. The number of methoxy groups -OCH3 is 1. The van der Waals surface area contributed by atoms with Gasteiger partial charge >= 0.3 is 0 Å². The lowest BCUT2D eigenvalue weighted by atomic mass is 10.2. The van der Waals surface area contributed by atoms with Gasteiger partial charge in [0.1, 0.15) is 0 Å². The second-order valence-electron chi connectivity index (χ2n) is 6.78. The number of hydrogen-bond donors (Lipinski definition) is 0. The van der Waals surface area contributed by atoms with Gasteiger partial charge in [0.2, 0.25) is 11.6 Å².